The molecule has 13 heavy (non-hydrogen) atoms. The zero-order valence-corrected chi connectivity index (χ0v) is 8.60. The highest BCUT2D eigenvalue weighted by Gasteiger charge is 2.04. The summed E-state index contributed by atoms with van der Waals surface area (Å²) >= 11 is 3.34. The fraction of sp³-hybridized carbons (Fsp3) is 0.100. The molecule has 0 aliphatic carbocycles. The van der Waals surface area contributed by atoms with Crippen LogP contribution in [0.1, 0.15) is 5.56 Å². The van der Waals surface area contributed by atoms with Gasteiger partial charge < -0.3 is 0 Å². The van der Waals surface area contributed by atoms with Crippen LogP contribution in [0.2, 0.25) is 0 Å². The van der Waals surface area contributed by atoms with Crippen molar-refractivity contribution in [1.29, 1.82) is 0 Å². The number of rotatable bonds is 0. The summed E-state index contributed by atoms with van der Waals surface area (Å²) in [6.07, 6.45) is 3.20. The molecule has 0 aliphatic rings. The second-order valence-electron chi connectivity index (χ2n) is 2.96. The molecule has 1 nitrogen and oxygen atoms in total. The van der Waals surface area contributed by atoms with Gasteiger partial charge in [0.2, 0.25) is 0 Å². The molecule has 0 saturated carbocycles. The van der Waals surface area contributed by atoms with E-state index in [4.69, 9.17) is 0 Å². The molecule has 3 heteroatoms. The number of halogens is 2. The molecule has 0 spiro atoms. The van der Waals surface area contributed by atoms with Gasteiger partial charge in [0, 0.05) is 27.6 Å². The summed E-state index contributed by atoms with van der Waals surface area (Å²) in [5, 5.41) is 1.42. The number of nitrogens with zero attached hydrogens (tertiary/aromatic N) is 1. The molecule has 0 unspecified atom stereocenters. The number of aryl methyl sites for hydroxylation is 1. The van der Waals surface area contributed by atoms with E-state index in [1.54, 1.807) is 6.20 Å². The first kappa shape index (κ1) is 8.63. The first-order valence-corrected chi connectivity index (χ1v) is 4.67. The molecule has 1 aromatic carbocycles. The van der Waals surface area contributed by atoms with Crippen LogP contribution >= 0.6 is 15.9 Å². The predicted octanol–water partition coefficient (Wildman–Crippen LogP) is 3.44. The van der Waals surface area contributed by atoms with Gasteiger partial charge in [-0.1, -0.05) is 0 Å². The van der Waals surface area contributed by atoms with Crippen LogP contribution in [-0.2, 0) is 0 Å². The smallest absolute Gasteiger partial charge is 0.132 e. The maximum atomic E-state index is 13.4. The van der Waals surface area contributed by atoms with E-state index in [0.717, 1.165) is 15.4 Å². The van der Waals surface area contributed by atoms with Crippen LogP contribution in [0, 0.1) is 12.7 Å². The highest BCUT2D eigenvalue weighted by molar-refractivity contribution is 9.10. The Hall–Kier alpha value is -0.960. The molecule has 66 valence electrons. The molecule has 0 amide bonds. The quantitative estimate of drug-likeness (QED) is 0.687. The molecule has 2 aromatic rings. The van der Waals surface area contributed by atoms with Gasteiger partial charge in [-0.3, -0.25) is 4.98 Å². The van der Waals surface area contributed by atoms with Crippen molar-refractivity contribution in [3.63, 3.8) is 0 Å². The number of hydrogen-bond acceptors (Lipinski definition) is 1. The van der Waals surface area contributed by atoms with Crippen molar-refractivity contribution in [2.45, 2.75) is 6.92 Å². The van der Waals surface area contributed by atoms with Gasteiger partial charge in [-0.25, -0.2) is 4.39 Å². The third-order valence-corrected chi connectivity index (χ3v) is 2.55. The summed E-state index contributed by atoms with van der Waals surface area (Å²) in [4.78, 5) is 3.92. The minimum Gasteiger partial charge on any atom is -0.263 e. The topological polar surface area (TPSA) is 12.9 Å². The largest absolute Gasteiger partial charge is 0.263 e. The van der Waals surface area contributed by atoms with Gasteiger partial charge in [-0.15, -0.1) is 0 Å². The first-order valence-electron chi connectivity index (χ1n) is 3.88. The number of aromatic nitrogens is 1. The molecule has 0 fully saturated rings. The molecule has 0 atom stereocenters. The van der Waals surface area contributed by atoms with E-state index in [0.29, 0.717) is 5.39 Å². The molecule has 1 heterocycles. The maximum Gasteiger partial charge on any atom is 0.132 e. The van der Waals surface area contributed by atoms with Gasteiger partial charge in [-0.05, 0) is 40.5 Å². The van der Waals surface area contributed by atoms with E-state index in [9.17, 15) is 4.39 Å². The van der Waals surface area contributed by atoms with Crippen molar-refractivity contribution >= 4 is 26.7 Å². The lowest BCUT2D eigenvalue weighted by Gasteiger charge is -2.02. The van der Waals surface area contributed by atoms with Crippen molar-refractivity contribution in [2.75, 3.05) is 0 Å². The third-order valence-electron chi connectivity index (χ3n) is 1.92. The van der Waals surface area contributed by atoms with Gasteiger partial charge in [0.25, 0.3) is 0 Å². The molecule has 0 bridgehead atoms. The second-order valence-corrected chi connectivity index (χ2v) is 3.82. The summed E-state index contributed by atoms with van der Waals surface area (Å²) < 4.78 is 14.2. The predicted molar refractivity (Wildman–Crippen MR) is 54.1 cm³/mol. The molecule has 1 aromatic heterocycles. The number of pyridine rings is 1. The number of hydrogen-bond donors (Lipinski definition) is 0. The van der Waals surface area contributed by atoms with Crippen LogP contribution in [0.25, 0.3) is 10.8 Å². The van der Waals surface area contributed by atoms with E-state index < -0.39 is 0 Å². The van der Waals surface area contributed by atoms with Crippen molar-refractivity contribution in [3.8, 4) is 0 Å². The second kappa shape index (κ2) is 3.07. The molecule has 0 saturated heterocycles. The SMILES string of the molecule is Cc1cc(F)c2cncc(Br)c2c1. The van der Waals surface area contributed by atoms with Gasteiger partial charge in [0.1, 0.15) is 5.82 Å². The van der Waals surface area contributed by atoms with Gasteiger partial charge in [0.05, 0.1) is 0 Å². The normalized spacial score (nSPS) is 10.7. The maximum absolute atomic E-state index is 13.4. The monoisotopic (exact) mass is 239 g/mol. The van der Waals surface area contributed by atoms with Gasteiger partial charge in [0.15, 0.2) is 0 Å². The van der Waals surface area contributed by atoms with Crippen molar-refractivity contribution < 1.29 is 4.39 Å². The minimum absolute atomic E-state index is 0.219. The molecular weight excluding hydrogens is 233 g/mol. The van der Waals surface area contributed by atoms with Crippen molar-refractivity contribution in [2.24, 2.45) is 0 Å². The number of fused-ring (bicyclic) bond motifs is 1. The third kappa shape index (κ3) is 1.44. The fourth-order valence-corrected chi connectivity index (χ4v) is 1.78. The van der Waals surface area contributed by atoms with Crippen LogP contribution in [0.5, 0.6) is 0 Å². The Bertz CT molecular complexity index is 468. The van der Waals surface area contributed by atoms with Gasteiger partial charge in [-0.2, -0.15) is 0 Å². The molecule has 0 aliphatic heterocycles. The summed E-state index contributed by atoms with van der Waals surface area (Å²) in [6, 6.07) is 3.45. The Kier molecular flexibility index (Phi) is 2.04. The van der Waals surface area contributed by atoms with Crippen LogP contribution in [0.4, 0.5) is 4.39 Å². The zero-order valence-electron chi connectivity index (χ0n) is 7.01. The lowest BCUT2D eigenvalue weighted by molar-refractivity contribution is 0.638. The number of benzene rings is 1. The molecule has 0 radical (unpaired) electrons. The van der Waals surface area contributed by atoms with Crippen LogP contribution in [0.3, 0.4) is 0 Å². The van der Waals surface area contributed by atoms with Crippen LogP contribution < -0.4 is 0 Å². The Morgan fingerprint density at radius 3 is 2.77 bits per heavy atom. The Labute approximate surface area is 83.7 Å². The van der Waals surface area contributed by atoms with Crippen molar-refractivity contribution in [1.82, 2.24) is 4.98 Å². The van der Waals surface area contributed by atoms with Crippen LogP contribution in [0.15, 0.2) is 29.0 Å². The molecule has 2 rings (SSSR count). The Morgan fingerprint density at radius 1 is 1.23 bits per heavy atom. The lowest BCUT2D eigenvalue weighted by atomic mass is 10.1. The van der Waals surface area contributed by atoms with Gasteiger partial charge >= 0.3 is 0 Å². The lowest BCUT2D eigenvalue weighted by Crippen LogP contribution is -1.85. The first-order chi connectivity index (χ1) is 6.18. The summed E-state index contributed by atoms with van der Waals surface area (Å²) in [5.74, 6) is -0.219. The average molecular weight is 240 g/mol. The van der Waals surface area contributed by atoms with E-state index in [2.05, 4.69) is 20.9 Å². The highest BCUT2D eigenvalue weighted by atomic mass is 79.9. The van der Waals surface area contributed by atoms with Crippen molar-refractivity contribution in [3.05, 3.63) is 40.4 Å². The van der Waals surface area contributed by atoms with E-state index in [1.807, 2.05) is 13.0 Å². The Morgan fingerprint density at radius 2 is 2.00 bits per heavy atom. The minimum atomic E-state index is -0.219. The van der Waals surface area contributed by atoms with E-state index in [1.165, 1.54) is 12.3 Å². The highest BCUT2D eigenvalue weighted by Crippen LogP contribution is 2.25. The zero-order chi connectivity index (χ0) is 9.42. The van der Waals surface area contributed by atoms with E-state index in [-0.39, 0.29) is 5.82 Å². The molecular formula is C10H7BrFN. The standard InChI is InChI=1S/C10H7BrFN/c1-6-2-7-8(10(12)3-6)4-13-5-9(7)11/h2-5H,1H3. The Balaban J connectivity index is 2.94. The fourth-order valence-electron chi connectivity index (χ4n) is 1.33. The van der Waals surface area contributed by atoms with E-state index >= 15 is 0 Å². The average Bonchev–Trinajstić information content (AvgIpc) is 2.07. The summed E-state index contributed by atoms with van der Waals surface area (Å²) in [7, 11) is 0. The summed E-state index contributed by atoms with van der Waals surface area (Å²) in [6.45, 7) is 1.87. The summed E-state index contributed by atoms with van der Waals surface area (Å²) in [5.41, 5.74) is 0.914. The van der Waals surface area contributed by atoms with Crippen LogP contribution in [-0.4, -0.2) is 4.98 Å². The molecule has 0 N–H and O–H groups in total.